The maximum atomic E-state index is 14.3. The zero-order chi connectivity index (χ0) is 25.9. The van der Waals surface area contributed by atoms with Gasteiger partial charge in [0.15, 0.2) is 0 Å². The fourth-order valence-corrected chi connectivity index (χ4v) is 5.47. The lowest BCUT2D eigenvalue weighted by atomic mass is 9.78. The molecule has 0 radical (unpaired) electrons. The number of ether oxygens (including phenoxy) is 1. The summed E-state index contributed by atoms with van der Waals surface area (Å²) >= 11 is 0. The summed E-state index contributed by atoms with van der Waals surface area (Å²) in [5, 5.41) is 0. The van der Waals surface area contributed by atoms with Crippen molar-refractivity contribution in [3.63, 3.8) is 0 Å². The Morgan fingerprint density at radius 3 is 2.27 bits per heavy atom. The van der Waals surface area contributed by atoms with Crippen molar-refractivity contribution in [3.8, 4) is 5.75 Å². The molecule has 2 amide bonds. The minimum Gasteiger partial charge on any atom is -0.497 e. The van der Waals surface area contributed by atoms with Crippen molar-refractivity contribution in [2.45, 2.75) is 25.4 Å². The van der Waals surface area contributed by atoms with E-state index < -0.39 is 12.0 Å². The molecule has 7 heteroatoms. The van der Waals surface area contributed by atoms with E-state index in [9.17, 15) is 14.0 Å². The molecule has 0 saturated carbocycles. The molecule has 0 bridgehead atoms. The number of methoxy groups -OCH3 is 1. The van der Waals surface area contributed by atoms with Gasteiger partial charge in [-0.1, -0.05) is 49.4 Å². The van der Waals surface area contributed by atoms with Gasteiger partial charge < -0.3 is 19.4 Å². The predicted molar refractivity (Wildman–Crippen MR) is 140 cm³/mol. The van der Waals surface area contributed by atoms with Gasteiger partial charge in [-0.05, 0) is 53.6 Å². The summed E-state index contributed by atoms with van der Waals surface area (Å²) in [6, 6.07) is 20.7. The molecule has 2 aliphatic rings. The van der Waals surface area contributed by atoms with Gasteiger partial charge in [0.1, 0.15) is 11.6 Å². The SMILES string of the molecule is CCN1CCN(C(=O)[C@H]2c3ccccc3C(=O)N(Cc3ccc(F)cc3)[C@@H]2c2ccc(OC)cc2)CC1. The maximum Gasteiger partial charge on any atom is 0.255 e. The van der Waals surface area contributed by atoms with E-state index in [-0.39, 0.29) is 24.2 Å². The summed E-state index contributed by atoms with van der Waals surface area (Å²) in [6.45, 7) is 6.34. The number of hydrogen-bond donors (Lipinski definition) is 0. The molecule has 5 rings (SSSR count). The Labute approximate surface area is 217 Å². The highest BCUT2D eigenvalue weighted by Gasteiger charge is 2.45. The Morgan fingerprint density at radius 2 is 1.62 bits per heavy atom. The Balaban J connectivity index is 1.60. The molecule has 3 aromatic carbocycles. The van der Waals surface area contributed by atoms with Gasteiger partial charge in [0.25, 0.3) is 5.91 Å². The Morgan fingerprint density at radius 1 is 0.946 bits per heavy atom. The fraction of sp³-hybridized carbons (Fsp3) is 0.333. The summed E-state index contributed by atoms with van der Waals surface area (Å²) in [5.74, 6) is -0.294. The molecule has 192 valence electrons. The van der Waals surface area contributed by atoms with Gasteiger partial charge in [-0.15, -0.1) is 0 Å². The number of fused-ring (bicyclic) bond motifs is 1. The van der Waals surface area contributed by atoms with Crippen LogP contribution in [0.5, 0.6) is 5.75 Å². The number of carbonyl (C=O) groups is 2. The second-order valence-electron chi connectivity index (χ2n) is 9.60. The van der Waals surface area contributed by atoms with Gasteiger partial charge in [-0.2, -0.15) is 0 Å². The van der Waals surface area contributed by atoms with Crippen LogP contribution in [-0.4, -0.2) is 66.3 Å². The first-order valence-electron chi connectivity index (χ1n) is 12.8. The van der Waals surface area contributed by atoms with E-state index >= 15 is 0 Å². The largest absolute Gasteiger partial charge is 0.497 e. The predicted octanol–water partition coefficient (Wildman–Crippen LogP) is 4.48. The first kappa shape index (κ1) is 25.0. The quantitative estimate of drug-likeness (QED) is 0.500. The first-order valence-corrected chi connectivity index (χ1v) is 12.8. The van der Waals surface area contributed by atoms with E-state index in [2.05, 4.69) is 11.8 Å². The second kappa shape index (κ2) is 10.7. The van der Waals surface area contributed by atoms with Gasteiger partial charge in [-0.3, -0.25) is 9.59 Å². The molecule has 2 aliphatic heterocycles. The van der Waals surface area contributed by atoms with Gasteiger partial charge in [0.2, 0.25) is 5.91 Å². The molecular formula is C30H32FN3O3. The minimum atomic E-state index is -0.559. The highest BCUT2D eigenvalue weighted by atomic mass is 19.1. The Hall–Kier alpha value is -3.71. The van der Waals surface area contributed by atoms with Crippen molar-refractivity contribution >= 4 is 11.8 Å². The molecular weight excluding hydrogens is 469 g/mol. The first-order chi connectivity index (χ1) is 18.0. The van der Waals surface area contributed by atoms with E-state index in [1.54, 1.807) is 30.2 Å². The third kappa shape index (κ3) is 4.96. The van der Waals surface area contributed by atoms with Crippen LogP contribution in [0.1, 0.15) is 45.9 Å². The van der Waals surface area contributed by atoms with Crippen molar-refractivity contribution in [2.24, 2.45) is 0 Å². The fourth-order valence-electron chi connectivity index (χ4n) is 5.47. The van der Waals surface area contributed by atoms with Crippen molar-refractivity contribution in [2.75, 3.05) is 39.8 Å². The summed E-state index contributed by atoms with van der Waals surface area (Å²) in [7, 11) is 1.61. The summed E-state index contributed by atoms with van der Waals surface area (Å²) < 4.78 is 19.0. The van der Waals surface area contributed by atoms with Gasteiger partial charge in [-0.25, -0.2) is 4.39 Å². The number of piperazine rings is 1. The van der Waals surface area contributed by atoms with E-state index in [0.29, 0.717) is 24.4 Å². The van der Waals surface area contributed by atoms with Crippen LogP contribution in [0, 0.1) is 5.82 Å². The minimum absolute atomic E-state index is 0.0284. The van der Waals surface area contributed by atoms with E-state index in [1.165, 1.54) is 12.1 Å². The topological polar surface area (TPSA) is 53.1 Å². The van der Waals surface area contributed by atoms with Gasteiger partial charge in [0.05, 0.1) is 19.1 Å². The zero-order valence-corrected chi connectivity index (χ0v) is 21.3. The van der Waals surface area contributed by atoms with Gasteiger partial charge in [0, 0.05) is 38.3 Å². The van der Waals surface area contributed by atoms with Crippen molar-refractivity contribution in [3.05, 3.63) is 101 Å². The number of halogens is 1. The molecule has 0 aliphatic carbocycles. The van der Waals surface area contributed by atoms with Crippen LogP contribution < -0.4 is 4.74 Å². The lowest BCUT2D eigenvalue weighted by Gasteiger charge is -2.44. The van der Waals surface area contributed by atoms with Crippen LogP contribution in [0.4, 0.5) is 4.39 Å². The smallest absolute Gasteiger partial charge is 0.255 e. The number of benzene rings is 3. The number of nitrogens with zero attached hydrogens (tertiary/aromatic N) is 3. The third-order valence-corrected chi connectivity index (χ3v) is 7.56. The lowest BCUT2D eigenvalue weighted by molar-refractivity contribution is -0.136. The monoisotopic (exact) mass is 501 g/mol. The van der Waals surface area contributed by atoms with Crippen molar-refractivity contribution < 1.29 is 18.7 Å². The summed E-state index contributed by atoms with van der Waals surface area (Å²) in [6.07, 6.45) is 0. The van der Waals surface area contributed by atoms with Crippen LogP contribution in [-0.2, 0) is 11.3 Å². The average Bonchev–Trinajstić information content (AvgIpc) is 2.95. The highest BCUT2D eigenvalue weighted by Crippen LogP contribution is 2.44. The van der Waals surface area contributed by atoms with Crippen LogP contribution in [0.15, 0.2) is 72.8 Å². The van der Waals surface area contributed by atoms with Gasteiger partial charge >= 0.3 is 0 Å². The maximum absolute atomic E-state index is 14.3. The molecule has 3 aromatic rings. The second-order valence-corrected chi connectivity index (χ2v) is 9.60. The van der Waals surface area contributed by atoms with Crippen LogP contribution in [0.25, 0.3) is 0 Å². The molecule has 37 heavy (non-hydrogen) atoms. The van der Waals surface area contributed by atoms with E-state index in [4.69, 9.17) is 4.74 Å². The van der Waals surface area contributed by atoms with Crippen LogP contribution in [0.2, 0.25) is 0 Å². The highest BCUT2D eigenvalue weighted by molar-refractivity contribution is 6.01. The van der Waals surface area contributed by atoms with Crippen molar-refractivity contribution in [1.82, 2.24) is 14.7 Å². The molecule has 6 nitrogen and oxygen atoms in total. The van der Waals surface area contributed by atoms with Crippen molar-refractivity contribution in [1.29, 1.82) is 0 Å². The lowest BCUT2D eigenvalue weighted by Crippen LogP contribution is -2.53. The standard InChI is InChI=1S/C30H32FN3O3/c1-3-32-16-18-33(19-17-32)30(36)27-25-6-4-5-7-26(25)29(35)34(20-21-8-12-23(31)13-9-21)28(27)22-10-14-24(37-2)15-11-22/h4-15,27-28H,3,16-20H2,1-2H3/t27-,28+/m0/s1. The molecule has 1 saturated heterocycles. The summed E-state index contributed by atoms with van der Waals surface area (Å²) in [5.41, 5.74) is 2.96. The Kier molecular flexibility index (Phi) is 7.24. The normalized spacial score (nSPS) is 20.0. The average molecular weight is 502 g/mol. The van der Waals surface area contributed by atoms with Crippen LogP contribution >= 0.6 is 0 Å². The molecule has 1 fully saturated rings. The number of carbonyl (C=O) groups excluding carboxylic acids is 2. The number of amides is 2. The molecule has 2 atom stereocenters. The summed E-state index contributed by atoms with van der Waals surface area (Å²) in [4.78, 5) is 34.2. The molecule has 0 unspecified atom stereocenters. The molecule has 0 N–H and O–H groups in total. The zero-order valence-electron chi connectivity index (χ0n) is 21.3. The molecule has 0 aromatic heterocycles. The Bertz CT molecular complexity index is 1250. The third-order valence-electron chi connectivity index (χ3n) is 7.56. The van der Waals surface area contributed by atoms with Crippen LogP contribution in [0.3, 0.4) is 0 Å². The number of likely N-dealkylation sites (N-methyl/N-ethyl adjacent to an activating group) is 1. The van der Waals surface area contributed by atoms with E-state index in [1.807, 2.05) is 47.4 Å². The molecule has 0 spiro atoms. The number of hydrogen-bond acceptors (Lipinski definition) is 4. The number of rotatable bonds is 6. The molecule has 2 heterocycles. The van der Waals surface area contributed by atoms with E-state index in [0.717, 1.165) is 36.3 Å².